The first kappa shape index (κ1) is 8.22. The summed E-state index contributed by atoms with van der Waals surface area (Å²) in [4.78, 5) is 22.1. The predicted molar refractivity (Wildman–Crippen MR) is 45.1 cm³/mol. The molecule has 0 radical (unpaired) electrons. The van der Waals surface area contributed by atoms with E-state index in [-0.39, 0.29) is 11.3 Å². The van der Waals surface area contributed by atoms with Crippen molar-refractivity contribution in [1.82, 2.24) is 0 Å². The number of benzene rings is 1. The zero-order chi connectivity index (χ0) is 9.59. The molecule has 1 aliphatic heterocycles. The molecule has 0 aliphatic carbocycles. The van der Waals surface area contributed by atoms with Gasteiger partial charge >= 0.3 is 5.91 Å². The Morgan fingerprint density at radius 2 is 2.00 bits per heavy atom. The zero-order valence-corrected chi connectivity index (χ0v) is 7.08. The molecule has 0 aromatic heterocycles. The summed E-state index contributed by atoms with van der Waals surface area (Å²) in [7, 11) is 0. The van der Waals surface area contributed by atoms with E-state index < -0.39 is 11.7 Å². The fourth-order valence-electron chi connectivity index (χ4n) is 1.19. The first-order valence-corrected chi connectivity index (χ1v) is 3.86. The van der Waals surface area contributed by atoms with E-state index in [1.807, 2.05) is 0 Å². The molecule has 1 aromatic carbocycles. The van der Waals surface area contributed by atoms with E-state index in [0.717, 1.165) is 0 Å². The van der Waals surface area contributed by atoms with Gasteiger partial charge in [-0.15, -0.1) is 0 Å². The second kappa shape index (κ2) is 2.55. The van der Waals surface area contributed by atoms with Gasteiger partial charge in [0, 0.05) is 5.02 Å². The summed E-state index contributed by atoms with van der Waals surface area (Å²) in [6.45, 7) is 0. The molecule has 66 valence electrons. The van der Waals surface area contributed by atoms with Crippen molar-refractivity contribution in [2.24, 2.45) is 0 Å². The third kappa shape index (κ3) is 1.03. The molecule has 1 N–H and O–H groups in total. The predicted octanol–water partition coefficient (Wildman–Crippen LogP) is 1.26. The van der Waals surface area contributed by atoms with Crippen LogP contribution in [0.3, 0.4) is 0 Å². The number of carbonyl (C=O) groups is 2. The monoisotopic (exact) mass is 197 g/mol. The van der Waals surface area contributed by atoms with Crippen LogP contribution in [0.1, 0.15) is 10.4 Å². The summed E-state index contributed by atoms with van der Waals surface area (Å²) < 4.78 is 0. The number of hydrogen-bond acceptors (Lipinski definition) is 3. The number of rotatable bonds is 0. The summed E-state index contributed by atoms with van der Waals surface area (Å²) >= 11 is 5.62. The lowest BCUT2D eigenvalue weighted by atomic mass is 10.1. The SMILES string of the molecule is O=C1C(=O)N(O)c2cc(Cl)ccc21. The van der Waals surface area contributed by atoms with E-state index in [0.29, 0.717) is 10.1 Å². The van der Waals surface area contributed by atoms with Gasteiger partial charge in [0.2, 0.25) is 0 Å². The van der Waals surface area contributed by atoms with E-state index in [4.69, 9.17) is 16.8 Å². The van der Waals surface area contributed by atoms with Gasteiger partial charge in [-0.25, -0.2) is 0 Å². The number of anilines is 1. The van der Waals surface area contributed by atoms with Crippen LogP contribution in [0.2, 0.25) is 5.02 Å². The van der Waals surface area contributed by atoms with Crippen molar-refractivity contribution in [3.05, 3.63) is 28.8 Å². The lowest BCUT2D eigenvalue weighted by Crippen LogP contribution is -2.25. The average molecular weight is 198 g/mol. The fourth-order valence-corrected chi connectivity index (χ4v) is 1.36. The summed E-state index contributed by atoms with van der Waals surface area (Å²) in [6, 6.07) is 4.26. The van der Waals surface area contributed by atoms with Crippen molar-refractivity contribution in [3.8, 4) is 0 Å². The normalized spacial score (nSPS) is 15.1. The molecule has 1 heterocycles. The molecule has 1 aromatic rings. The number of fused-ring (bicyclic) bond motifs is 1. The Morgan fingerprint density at radius 3 is 2.69 bits per heavy atom. The maximum absolute atomic E-state index is 11.1. The largest absolute Gasteiger partial charge is 0.323 e. The Bertz CT molecular complexity index is 416. The van der Waals surface area contributed by atoms with Gasteiger partial charge in [0.05, 0.1) is 11.3 Å². The number of halogens is 1. The summed E-state index contributed by atoms with van der Waals surface area (Å²) in [5.74, 6) is -1.66. The van der Waals surface area contributed by atoms with E-state index >= 15 is 0 Å². The molecule has 0 atom stereocenters. The van der Waals surface area contributed by atoms with Gasteiger partial charge in [-0.3, -0.25) is 14.8 Å². The number of Topliss-reactive ketones (excluding diaryl/α,β-unsaturated/α-hetero) is 1. The topological polar surface area (TPSA) is 57.6 Å². The minimum atomic E-state index is -0.947. The molecule has 13 heavy (non-hydrogen) atoms. The molecule has 2 rings (SSSR count). The molecular formula is C8H4ClNO3. The molecule has 1 aliphatic rings. The van der Waals surface area contributed by atoms with Crippen molar-refractivity contribution < 1.29 is 14.8 Å². The Balaban J connectivity index is 2.67. The molecular weight excluding hydrogens is 194 g/mol. The molecule has 0 bridgehead atoms. The molecule has 0 fully saturated rings. The van der Waals surface area contributed by atoms with Crippen LogP contribution in [0.5, 0.6) is 0 Å². The molecule has 0 saturated heterocycles. The van der Waals surface area contributed by atoms with Crippen molar-refractivity contribution in [2.75, 3.05) is 5.06 Å². The van der Waals surface area contributed by atoms with Crippen molar-refractivity contribution >= 4 is 29.0 Å². The number of ketones is 1. The zero-order valence-electron chi connectivity index (χ0n) is 6.32. The Hall–Kier alpha value is -1.39. The molecule has 5 heteroatoms. The molecule has 0 spiro atoms. The van der Waals surface area contributed by atoms with Crippen LogP contribution in [0.4, 0.5) is 5.69 Å². The number of amides is 1. The van der Waals surface area contributed by atoms with Crippen LogP contribution in [0.25, 0.3) is 0 Å². The van der Waals surface area contributed by atoms with E-state index in [1.165, 1.54) is 18.2 Å². The van der Waals surface area contributed by atoms with Crippen LogP contribution in [-0.4, -0.2) is 16.9 Å². The number of nitrogens with zero attached hydrogens (tertiary/aromatic N) is 1. The molecule has 4 nitrogen and oxygen atoms in total. The van der Waals surface area contributed by atoms with Gasteiger partial charge in [0.15, 0.2) is 0 Å². The molecule has 1 amide bonds. The quantitative estimate of drug-likeness (QED) is 0.503. The summed E-state index contributed by atoms with van der Waals surface area (Å²) in [6.07, 6.45) is 0. The number of hydroxylamine groups is 1. The second-order valence-electron chi connectivity index (χ2n) is 2.61. The maximum atomic E-state index is 11.1. The highest BCUT2D eigenvalue weighted by molar-refractivity contribution is 6.51. The summed E-state index contributed by atoms with van der Waals surface area (Å²) in [5, 5.41) is 9.82. The highest BCUT2D eigenvalue weighted by atomic mass is 35.5. The Morgan fingerprint density at radius 1 is 1.31 bits per heavy atom. The van der Waals surface area contributed by atoms with Crippen LogP contribution in [0, 0.1) is 0 Å². The van der Waals surface area contributed by atoms with Crippen molar-refractivity contribution in [2.45, 2.75) is 0 Å². The van der Waals surface area contributed by atoms with Gasteiger partial charge in [0.1, 0.15) is 0 Å². The Kier molecular flexibility index (Phi) is 1.61. The number of carbonyl (C=O) groups excluding carboxylic acids is 2. The standard InChI is InChI=1S/C8H4ClNO3/c9-4-1-2-5-6(3-4)10(13)8(12)7(5)11/h1-3,13H. The van der Waals surface area contributed by atoms with E-state index in [1.54, 1.807) is 0 Å². The Labute approximate surface area is 78.3 Å². The third-order valence-corrected chi connectivity index (χ3v) is 2.05. The first-order chi connectivity index (χ1) is 6.11. The minimum Gasteiger partial charge on any atom is -0.283 e. The van der Waals surface area contributed by atoms with Gasteiger partial charge < -0.3 is 0 Å². The third-order valence-electron chi connectivity index (χ3n) is 1.82. The van der Waals surface area contributed by atoms with Crippen LogP contribution >= 0.6 is 11.6 Å². The van der Waals surface area contributed by atoms with Crippen molar-refractivity contribution in [3.63, 3.8) is 0 Å². The van der Waals surface area contributed by atoms with Crippen LogP contribution in [0.15, 0.2) is 18.2 Å². The highest BCUT2D eigenvalue weighted by Gasteiger charge is 2.35. The van der Waals surface area contributed by atoms with Gasteiger partial charge in [-0.05, 0) is 18.2 Å². The van der Waals surface area contributed by atoms with Crippen LogP contribution < -0.4 is 5.06 Å². The second-order valence-corrected chi connectivity index (χ2v) is 3.04. The van der Waals surface area contributed by atoms with E-state index in [9.17, 15) is 9.59 Å². The van der Waals surface area contributed by atoms with E-state index in [2.05, 4.69) is 0 Å². The average Bonchev–Trinajstić information content (AvgIpc) is 2.32. The first-order valence-electron chi connectivity index (χ1n) is 3.48. The number of hydrogen-bond donors (Lipinski definition) is 1. The highest BCUT2D eigenvalue weighted by Crippen LogP contribution is 2.29. The smallest absolute Gasteiger partial charge is 0.283 e. The summed E-state index contributed by atoms with van der Waals surface area (Å²) in [5.41, 5.74) is 0.319. The van der Waals surface area contributed by atoms with Gasteiger partial charge in [-0.1, -0.05) is 11.6 Å². The van der Waals surface area contributed by atoms with Gasteiger partial charge in [0.25, 0.3) is 5.78 Å². The maximum Gasteiger partial charge on any atom is 0.323 e. The molecule has 0 saturated carbocycles. The fraction of sp³-hybridized carbons (Fsp3) is 0. The lowest BCUT2D eigenvalue weighted by Gasteiger charge is -2.05. The lowest BCUT2D eigenvalue weighted by molar-refractivity contribution is -0.118. The molecule has 0 unspecified atom stereocenters. The van der Waals surface area contributed by atoms with Gasteiger partial charge in [-0.2, -0.15) is 5.06 Å². The van der Waals surface area contributed by atoms with Crippen molar-refractivity contribution in [1.29, 1.82) is 0 Å². The van der Waals surface area contributed by atoms with Crippen LogP contribution in [-0.2, 0) is 4.79 Å². The minimum absolute atomic E-state index is 0.141.